The molecule has 1 aliphatic rings. The van der Waals surface area contributed by atoms with Crippen molar-refractivity contribution in [1.29, 1.82) is 5.26 Å². The third kappa shape index (κ3) is 5.67. The number of carbonyl (C=O) groups is 2. The smallest absolute Gasteiger partial charge is 0.410 e. The Labute approximate surface area is 190 Å². The molecule has 168 valence electrons. The fraction of sp³-hybridized carbons (Fsp3) is 0.423. The number of hydrogen-bond acceptors (Lipinski definition) is 4. The fourth-order valence-electron chi connectivity index (χ4n) is 4.01. The van der Waals surface area contributed by atoms with E-state index in [0.29, 0.717) is 36.7 Å². The van der Waals surface area contributed by atoms with Crippen molar-refractivity contribution in [3.8, 4) is 17.2 Å². The van der Waals surface area contributed by atoms with Crippen LogP contribution < -0.4 is 0 Å². The van der Waals surface area contributed by atoms with Crippen LogP contribution in [0.5, 0.6) is 0 Å². The number of rotatable bonds is 4. The van der Waals surface area contributed by atoms with E-state index in [1.165, 1.54) is 0 Å². The van der Waals surface area contributed by atoms with Crippen molar-refractivity contribution < 1.29 is 14.3 Å². The Kier molecular flexibility index (Phi) is 7.19. The Morgan fingerprint density at radius 3 is 2.28 bits per heavy atom. The summed E-state index contributed by atoms with van der Waals surface area (Å²) in [5.41, 5.74) is 2.20. The number of benzene rings is 2. The van der Waals surface area contributed by atoms with Crippen LogP contribution in [0.4, 0.5) is 4.79 Å². The van der Waals surface area contributed by atoms with Gasteiger partial charge in [0.15, 0.2) is 0 Å². The average Bonchev–Trinajstić information content (AvgIpc) is 2.78. The Morgan fingerprint density at radius 2 is 1.66 bits per heavy atom. The van der Waals surface area contributed by atoms with Crippen LogP contribution in [-0.2, 0) is 4.74 Å². The van der Waals surface area contributed by atoms with Crippen LogP contribution in [0.15, 0.2) is 48.5 Å². The maximum Gasteiger partial charge on any atom is 0.410 e. The lowest BCUT2D eigenvalue weighted by Crippen LogP contribution is -2.43. The maximum atomic E-state index is 13.3. The molecule has 0 unspecified atom stereocenters. The molecule has 6 nitrogen and oxygen atoms in total. The minimum atomic E-state index is -0.515. The van der Waals surface area contributed by atoms with Crippen molar-refractivity contribution in [2.75, 3.05) is 26.7 Å². The van der Waals surface area contributed by atoms with Gasteiger partial charge >= 0.3 is 6.09 Å². The predicted octanol–water partition coefficient (Wildman–Crippen LogP) is 4.94. The molecule has 6 heteroatoms. The zero-order chi connectivity index (χ0) is 23.3. The van der Waals surface area contributed by atoms with Gasteiger partial charge in [0, 0.05) is 37.8 Å². The Hall–Kier alpha value is -3.33. The summed E-state index contributed by atoms with van der Waals surface area (Å²) in [6.07, 6.45) is 1.34. The van der Waals surface area contributed by atoms with Gasteiger partial charge < -0.3 is 14.5 Å². The van der Waals surface area contributed by atoms with Crippen LogP contribution in [0.1, 0.15) is 49.5 Å². The first-order valence-electron chi connectivity index (χ1n) is 11.0. The lowest BCUT2D eigenvalue weighted by molar-refractivity contribution is 0.0246. The molecule has 0 bridgehead atoms. The van der Waals surface area contributed by atoms with Gasteiger partial charge in [0.05, 0.1) is 11.6 Å². The number of hydrogen-bond donors (Lipinski definition) is 0. The van der Waals surface area contributed by atoms with Crippen LogP contribution in [-0.4, -0.2) is 54.1 Å². The minimum absolute atomic E-state index is 0.0210. The van der Waals surface area contributed by atoms with E-state index in [0.717, 1.165) is 24.0 Å². The molecule has 0 atom stereocenters. The van der Waals surface area contributed by atoms with Crippen molar-refractivity contribution in [3.63, 3.8) is 0 Å². The molecule has 1 saturated heterocycles. The van der Waals surface area contributed by atoms with Crippen LogP contribution >= 0.6 is 0 Å². The normalized spacial score (nSPS) is 14.5. The van der Waals surface area contributed by atoms with E-state index in [-0.39, 0.29) is 12.0 Å². The first-order chi connectivity index (χ1) is 15.2. The highest BCUT2D eigenvalue weighted by molar-refractivity contribution is 6.01. The highest BCUT2D eigenvalue weighted by atomic mass is 16.6. The fourth-order valence-corrected chi connectivity index (χ4v) is 4.01. The van der Waals surface area contributed by atoms with E-state index >= 15 is 0 Å². The molecule has 0 saturated carbocycles. The molecule has 1 heterocycles. The molecule has 2 aromatic carbocycles. The first kappa shape index (κ1) is 23.3. The number of amides is 2. The zero-order valence-corrected chi connectivity index (χ0v) is 19.3. The molecule has 3 rings (SSSR count). The topological polar surface area (TPSA) is 73.6 Å². The third-order valence-corrected chi connectivity index (χ3v) is 5.63. The number of piperidine rings is 1. The molecule has 0 aromatic heterocycles. The standard InChI is InChI=1S/C26H31N3O3/c1-26(2,3)32-25(31)28(4)18-19-13-15-29(16-14-19)24(30)23-12-8-7-11-22(23)21-10-6-5-9-20(21)17-27/h5-12,19H,13-16,18H2,1-4H3. The van der Waals surface area contributed by atoms with E-state index in [4.69, 9.17) is 4.74 Å². The van der Waals surface area contributed by atoms with E-state index in [1.54, 1.807) is 18.0 Å². The van der Waals surface area contributed by atoms with Gasteiger partial charge in [-0.05, 0) is 57.2 Å². The monoisotopic (exact) mass is 433 g/mol. The van der Waals surface area contributed by atoms with Crippen molar-refractivity contribution in [2.45, 2.75) is 39.2 Å². The molecule has 0 N–H and O–H groups in total. The van der Waals surface area contributed by atoms with Gasteiger partial charge in [-0.15, -0.1) is 0 Å². The van der Waals surface area contributed by atoms with Crippen LogP contribution in [0.25, 0.3) is 11.1 Å². The number of nitriles is 1. The minimum Gasteiger partial charge on any atom is -0.444 e. The van der Waals surface area contributed by atoms with Crippen LogP contribution in [0.2, 0.25) is 0 Å². The summed E-state index contributed by atoms with van der Waals surface area (Å²) in [5, 5.41) is 9.48. The number of likely N-dealkylation sites (tertiary alicyclic amines) is 1. The van der Waals surface area contributed by atoms with Crippen LogP contribution in [0, 0.1) is 17.2 Å². The van der Waals surface area contributed by atoms with Gasteiger partial charge in [0.1, 0.15) is 5.60 Å². The Bertz CT molecular complexity index is 1010. The summed E-state index contributed by atoms with van der Waals surface area (Å²) in [5.74, 6) is 0.304. The molecular weight excluding hydrogens is 402 g/mol. The molecule has 0 aliphatic carbocycles. The molecule has 0 spiro atoms. The van der Waals surface area contributed by atoms with Gasteiger partial charge in [0.2, 0.25) is 0 Å². The highest BCUT2D eigenvalue weighted by Gasteiger charge is 2.28. The van der Waals surface area contributed by atoms with Gasteiger partial charge in [-0.1, -0.05) is 36.4 Å². The van der Waals surface area contributed by atoms with Gasteiger partial charge in [-0.25, -0.2) is 4.79 Å². The summed E-state index contributed by atoms with van der Waals surface area (Å²) >= 11 is 0. The summed E-state index contributed by atoms with van der Waals surface area (Å²) < 4.78 is 5.43. The third-order valence-electron chi connectivity index (χ3n) is 5.63. The van der Waals surface area contributed by atoms with Gasteiger partial charge in [-0.3, -0.25) is 4.79 Å². The van der Waals surface area contributed by atoms with Gasteiger partial charge in [0.25, 0.3) is 5.91 Å². The Morgan fingerprint density at radius 1 is 1.06 bits per heavy atom. The van der Waals surface area contributed by atoms with Gasteiger partial charge in [-0.2, -0.15) is 5.26 Å². The van der Waals surface area contributed by atoms with E-state index in [1.807, 2.05) is 68.1 Å². The molecule has 2 amide bonds. The lowest BCUT2D eigenvalue weighted by Gasteiger charge is -2.34. The Balaban J connectivity index is 1.66. The van der Waals surface area contributed by atoms with Crippen molar-refractivity contribution in [2.24, 2.45) is 5.92 Å². The molecule has 1 fully saturated rings. The van der Waals surface area contributed by atoms with Crippen molar-refractivity contribution in [3.05, 3.63) is 59.7 Å². The summed E-state index contributed by atoms with van der Waals surface area (Å²) in [4.78, 5) is 29.1. The summed E-state index contributed by atoms with van der Waals surface area (Å²) in [6, 6.07) is 17.0. The second-order valence-electron chi connectivity index (χ2n) is 9.30. The van der Waals surface area contributed by atoms with E-state index in [9.17, 15) is 14.9 Å². The lowest BCUT2D eigenvalue weighted by atomic mass is 9.93. The SMILES string of the molecule is CN(CC1CCN(C(=O)c2ccccc2-c2ccccc2C#N)CC1)C(=O)OC(C)(C)C. The van der Waals surface area contributed by atoms with E-state index in [2.05, 4.69) is 6.07 Å². The zero-order valence-electron chi connectivity index (χ0n) is 19.3. The second-order valence-corrected chi connectivity index (χ2v) is 9.30. The molecular formula is C26H31N3O3. The number of ether oxygens (including phenoxy) is 1. The highest BCUT2D eigenvalue weighted by Crippen LogP contribution is 2.29. The quantitative estimate of drug-likeness (QED) is 0.684. The number of nitrogens with zero attached hydrogens (tertiary/aromatic N) is 3. The van der Waals surface area contributed by atoms with E-state index < -0.39 is 5.60 Å². The molecule has 2 aromatic rings. The molecule has 1 aliphatic heterocycles. The first-order valence-corrected chi connectivity index (χ1v) is 11.0. The number of carbonyl (C=O) groups excluding carboxylic acids is 2. The average molecular weight is 434 g/mol. The maximum absolute atomic E-state index is 13.3. The summed E-state index contributed by atoms with van der Waals surface area (Å²) in [6.45, 7) is 7.46. The van der Waals surface area contributed by atoms with Crippen molar-refractivity contribution in [1.82, 2.24) is 9.80 Å². The van der Waals surface area contributed by atoms with Crippen molar-refractivity contribution >= 4 is 12.0 Å². The predicted molar refractivity (Wildman–Crippen MR) is 124 cm³/mol. The van der Waals surface area contributed by atoms with Crippen LogP contribution in [0.3, 0.4) is 0 Å². The molecule has 0 radical (unpaired) electrons. The summed E-state index contributed by atoms with van der Waals surface area (Å²) in [7, 11) is 1.76. The largest absolute Gasteiger partial charge is 0.444 e. The second kappa shape index (κ2) is 9.86. The molecule has 32 heavy (non-hydrogen) atoms.